The second-order valence-electron chi connectivity index (χ2n) is 4.13. The molecule has 0 aliphatic carbocycles. The highest BCUT2D eigenvalue weighted by Gasteiger charge is 2.08. The monoisotopic (exact) mass is 241 g/mol. The largest absolute Gasteiger partial charge is 0.393 e. The molecule has 17 heavy (non-hydrogen) atoms. The van der Waals surface area contributed by atoms with Gasteiger partial charge in [0.25, 0.3) is 0 Å². The lowest BCUT2D eigenvalue weighted by atomic mass is 10.1. The van der Waals surface area contributed by atoms with Gasteiger partial charge in [0.15, 0.2) is 0 Å². The van der Waals surface area contributed by atoms with Crippen LogP contribution in [0.4, 0.5) is 4.39 Å². The molecule has 0 amide bonds. The minimum atomic E-state index is -0.718. The van der Waals surface area contributed by atoms with Crippen molar-refractivity contribution in [1.82, 2.24) is 5.32 Å². The molecule has 0 fully saturated rings. The van der Waals surface area contributed by atoms with E-state index in [1.165, 1.54) is 12.1 Å². The van der Waals surface area contributed by atoms with Crippen molar-refractivity contribution in [3.8, 4) is 0 Å². The predicted molar refractivity (Wildman–Crippen MR) is 65.1 cm³/mol. The maximum Gasteiger partial charge on any atom is 0.123 e. The summed E-state index contributed by atoms with van der Waals surface area (Å²) in [5.41, 5.74) is 0.563. The van der Waals surface area contributed by atoms with Crippen LogP contribution in [0.2, 0.25) is 0 Å². The number of nitrogens with one attached hydrogen (secondary N) is 1. The van der Waals surface area contributed by atoms with E-state index in [4.69, 9.17) is 0 Å². The lowest BCUT2D eigenvalue weighted by molar-refractivity contribution is 0.150. The average molecular weight is 241 g/mol. The maximum atomic E-state index is 12.9. The molecule has 1 aromatic carbocycles. The third kappa shape index (κ3) is 5.26. The number of hydrogen-bond acceptors (Lipinski definition) is 3. The molecule has 0 saturated carbocycles. The maximum absolute atomic E-state index is 12.9. The lowest BCUT2D eigenvalue weighted by Crippen LogP contribution is -2.25. The van der Waals surface area contributed by atoms with Gasteiger partial charge in [-0.15, -0.1) is 0 Å². The first kappa shape index (κ1) is 14.1. The number of aliphatic hydroxyl groups is 2. The second kappa shape index (κ2) is 7.37. The molecule has 0 aliphatic heterocycles. The summed E-state index contributed by atoms with van der Waals surface area (Å²) in [7, 11) is 0. The smallest absolute Gasteiger partial charge is 0.123 e. The van der Waals surface area contributed by atoms with Crippen molar-refractivity contribution < 1.29 is 14.6 Å². The van der Waals surface area contributed by atoms with Crippen LogP contribution < -0.4 is 5.32 Å². The molecule has 0 saturated heterocycles. The summed E-state index contributed by atoms with van der Waals surface area (Å²) < 4.78 is 12.9. The van der Waals surface area contributed by atoms with Gasteiger partial charge in [-0.1, -0.05) is 19.1 Å². The van der Waals surface area contributed by atoms with Gasteiger partial charge in [0.05, 0.1) is 12.2 Å². The molecule has 0 radical (unpaired) electrons. The Morgan fingerprint density at radius 1 is 1.35 bits per heavy atom. The minimum absolute atomic E-state index is 0.297. The fourth-order valence-corrected chi connectivity index (χ4v) is 1.54. The van der Waals surface area contributed by atoms with Gasteiger partial charge in [0.1, 0.15) is 5.82 Å². The van der Waals surface area contributed by atoms with E-state index in [2.05, 4.69) is 5.32 Å². The Labute approximate surface area is 101 Å². The van der Waals surface area contributed by atoms with Gasteiger partial charge >= 0.3 is 0 Å². The normalized spacial score (nSPS) is 14.6. The van der Waals surface area contributed by atoms with Crippen LogP contribution in [0.1, 0.15) is 31.4 Å². The van der Waals surface area contributed by atoms with E-state index in [9.17, 15) is 14.6 Å². The van der Waals surface area contributed by atoms with Crippen LogP contribution in [0.3, 0.4) is 0 Å². The first-order chi connectivity index (χ1) is 8.13. The van der Waals surface area contributed by atoms with E-state index in [0.29, 0.717) is 25.1 Å². The van der Waals surface area contributed by atoms with Crippen LogP contribution in [0.25, 0.3) is 0 Å². The molecule has 1 rings (SSSR count). The fraction of sp³-hybridized carbons (Fsp3) is 0.538. The summed E-state index contributed by atoms with van der Waals surface area (Å²) in [4.78, 5) is 0. The third-order valence-electron chi connectivity index (χ3n) is 2.70. The van der Waals surface area contributed by atoms with E-state index in [1.807, 2.05) is 6.92 Å². The topological polar surface area (TPSA) is 52.5 Å². The third-order valence-corrected chi connectivity index (χ3v) is 2.70. The van der Waals surface area contributed by atoms with Crippen LogP contribution in [-0.4, -0.2) is 29.4 Å². The molecule has 4 heteroatoms. The zero-order valence-corrected chi connectivity index (χ0v) is 10.1. The van der Waals surface area contributed by atoms with Crippen molar-refractivity contribution in [3.05, 3.63) is 35.6 Å². The van der Waals surface area contributed by atoms with Crippen LogP contribution in [-0.2, 0) is 0 Å². The molecule has 3 N–H and O–H groups in total. The van der Waals surface area contributed by atoms with Gasteiger partial charge in [-0.3, -0.25) is 0 Å². The summed E-state index contributed by atoms with van der Waals surface area (Å²) in [6.45, 7) is 2.92. The van der Waals surface area contributed by atoms with Crippen molar-refractivity contribution in [1.29, 1.82) is 0 Å². The Bertz CT molecular complexity index is 333. The molecule has 2 unspecified atom stereocenters. The standard InChI is InChI=1S/C13H20FNO2/c1-2-12(16)6-7-15-9-13(17)10-4-3-5-11(14)8-10/h3-5,8,12-13,15-17H,2,6-7,9H2,1H3. The Morgan fingerprint density at radius 3 is 2.76 bits per heavy atom. The van der Waals surface area contributed by atoms with E-state index in [1.54, 1.807) is 12.1 Å². The van der Waals surface area contributed by atoms with Gasteiger partial charge < -0.3 is 15.5 Å². The number of aliphatic hydroxyl groups excluding tert-OH is 2. The van der Waals surface area contributed by atoms with Gasteiger partial charge in [0, 0.05) is 6.54 Å². The zero-order valence-electron chi connectivity index (χ0n) is 10.1. The molecule has 2 atom stereocenters. The number of rotatable bonds is 7. The number of halogens is 1. The highest BCUT2D eigenvalue weighted by Crippen LogP contribution is 2.12. The molecule has 0 heterocycles. The number of benzene rings is 1. The summed E-state index contributed by atoms with van der Waals surface area (Å²) in [5, 5.41) is 22.1. The van der Waals surface area contributed by atoms with Crippen LogP contribution in [0.15, 0.2) is 24.3 Å². The first-order valence-electron chi connectivity index (χ1n) is 5.95. The molecule has 0 aliphatic rings. The molecule has 0 aromatic heterocycles. The molecule has 1 aromatic rings. The van der Waals surface area contributed by atoms with Crippen molar-refractivity contribution >= 4 is 0 Å². The summed E-state index contributed by atoms with van der Waals surface area (Å²) >= 11 is 0. The molecular formula is C13H20FNO2. The Kier molecular flexibility index (Phi) is 6.11. The van der Waals surface area contributed by atoms with Crippen molar-refractivity contribution in [2.24, 2.45) is 0 Å². The van der Waals surface area contributed by atoms with Gasteiger partial charge in [0.2, 0.25) is 0 Å². The zero-order chi connectivity index (χ0) is 12.7. The summed E-state index contributed by atoms with van der Waals surface area (Å²) in [5.74, 6) is -0.344. The van der Waals surface area contributed by atoms with Crippen LogP contribution in [0.5, 0.6) is 0 Å². The van der Waals surface area contributed by atoms with Gasteiger partial charge in [-0.05, 0) is 37.1 Å². The molecule has 0 spiro atoms. The highest BCUT2D eigenvalue weighted by molar-refractivity contribution is 5.18. The highest BCUT2D eigenvalue weighted by atomic mass is 19.1. The van der Waals surface area contributed by atoms with Crippen LogP contribution >= 0.6 is 0 Å². The minimum Gasteiger partial charge on any atom is -0.393 e. The molecule has 0 bridgehead atoms. The predicted octanol–water partition coefficient (Wildman–Crippen LogP) is 1.61. The van der Waals surface area contributed by atoms with Gasteiger partial charge in [-0.2, -0.15) is 0 Å². The fourth-order valence-electron chi connectivity index (χ4n) is 1.54. The van der Waals surface area contributed by atoms with Crippen molar-refractivity contribution in [2.45, 2.75) is 32.0 Å². The van der Waals surface area contributed by atoms with Gasteiger partial charge in [-0.25, -0.2) is 4.39 Å². The Morgan fingerprint density at radius 2 is 2.12 bits per heavy atom. The van der Waals surface area contributed by atoms with Crippen LogP contribution in [0, 0.1) is 5.82 Å². The average Bonchev–Trinajstić information content (AvgIpc) is 2.34. The van der Waals surface area contributed by atoms with E-state index in [-0.39, 0.29) is 11.9 Å². The SMILES string of the molecule is CCC(O)CCNCC(O)c1cccc(F)c1. The lowest BCUT2D eigenvalue weighted by Gasteiger charge is -2.13. The quantitative estimate of drug-likeness (QED) is 0.636. The van der Waals surface area contributed by atoms with Crippen molar-refractivity contribution in [2.75, 3.05) is 13.1 Å². The molecule has 96 valence electrons. The Balaban J connectivity index is 2.28. The Hall–Kier alpha value is -0.970. The first-order valence-corrected chi connectivity index (χ1v) is 5.95. The van der Waals surface area contributed by atoms with Crippen molar-refractivity contribution in [3.63, 3.8) is 0 Å². The van der Waals surface area contributed by atoms with E-state index >= 15 is 0 Å². The van der Waals surface area contributed by atoms with E-state index in [0.717, 1.165) is 6.42 Å². The summed E-state index contributed by atoms with van der Waals surface area (Å²) in [6, 6.07) is 5.94. The molecular weight excluding hydrogens is 221 g/mol. The van der Waals surface area contributed by atoms with E-state index < -0.39 is 6.10 Å². The summed E-state index contributed by atoms with van der Waals surface area (Å²) in [6.07, 6.45) is 0.374. The second-order valence-corrected chi connectivity index (χ2v) is 4.13. The molecule has 3 nitrogen and oxygen atoms in total. The number of hydrogen-bond donors (Lipinski definition) is 3.